The molecule has 2 heterocycles. The summed E-state index contributed by atoms with van der Waals surface area (Å²) in [5, 5.41) is 33.1. The van der Waals surface area contributed by atoms with Crippen LogP contribution in [0, 0.1) is 18.6 Å². The molecule has 4 N–H and O–H groups in total. The number of halogens is 3. The van der Waals surface area contributed by atoms with E-state index in [1.807, 2.05) is 7.05 Å². The summed E-state index contributed by atoms with van der Waals surface area (Å²) < 4.78 is 41.7. The lowest BCUT2D eigenvalue weighted by molar-refractivity contribution is -0.165. The Labute approximate surface area is 255 Å². The van der Waals surface area contributed by atoms with E-state index in [4.69, 9.17) is 41.5 Å². The Bertz CT molecular complexity index is 1520. The van der Waals surface area contributed by atoms with Gasteiger partial charge in [0.15, 0.2) is 29.6 Å². The van der Waals surface area contributed by atoms with Gasteiger partial charge in [-0.15, -0.1) is 0 Å². The number of likely N-dealkylation sites (N-methyl/N-ethyl adjacent to an activating group) is 1. The Morgan fingerprint density at radius 3 is 2.07 bits per heavy atom. The van der Waals surface area contributed by atoms with E-state index in [1.165, 1.54) is 10.6 Å². The molecular formula is C28H31ClF2N4O9. The molecule has 0 saturated carbocycles. The number of carboxylic acids is 2. The highest BCUT2D eigenvalue weighted by atomic mass is 35.5. The second-order valence-electron chi connectivity index (χ2n) is 9.84. The highest BCUT2D eigenvalue weighted by Gasteiger charge is 2.29. The van der Waals surface area contributed by atoms with E-state index < -0.39 is 47.2 Å². The van der Waals surface area contributed by atoms with Crippen molar-refractivity contribution in [2.45, 2.75) is 25.7 Å². The summed E-state index contributed by atoms with van der Waals surface area (Å²) in [4.78, 5) is 40.1. The Hall–Kier alpha value is -4.31. The number of benzene rings is 2. The van der Waals surface area contributed by atoms with E-state index in [-0.39, 0.29) is 23.8 Å². The predicted molar refractivity (Wildman–Crippen MR) is 153 cm³/mol. The topological polar surface area (TPSA) is 175 Å². The van der Waals surface area contributed by atoms with Gasteiger partial charge in [-0.1, -0.05) is 11.6 Å². The summed E-state index contributed by atoms with van der Waals surface area (Å²) in [5.41, 5.74) is 0.492. The molecule has 1 fully saturated rings. The number of hydrogen-bond acceptors (Lipinski definition) is 10. The van der Waals surface area contributed by atoms with Gasteiger partial charge in [0.1, 0.15) is 18.2 Å². The van der Waals surface area contributed by atoms with Crippen LogP contribution in [-0.4, -0.2) is 92.3 Å². The Kier molecular flexibility index (Phi) is 11.6. The third-order valence-corrected chi connectivity index (χ3v) is 6.94. The van der Waals surface area contributed by atoms with Gasteiger partial charge in [-0.2, -0.15) is 4.98 Å². The van der Waals surface area contributed by atoms with Crippen molar-refractivity contribution in [3.05, 3.63) is 74.7 Å². The van der Waals surface area contributed by atoms with Crippen molar-refractivity contribution >= 4 is 29.4 Å². The zero-order valence-electron chi connectivity index (χ0n) is 23.9. The monoisotopic (exact) mass is 640 g/mol. The quantitative estimate of drug-likeness (QED) is 0.268. The van der Waals surface area contributed by atoms with E-state index in [0.717, 1.165) is 43.9 Å². The van der Waals surface area contributed by atoms with Crippen LogP contribution >= 0.6 is 11.6 Å². The molecule has 13 nitrogen and oxygen atoms in total. The number of aryl methyl sites for hydroxylation is 1. The van der Waals surface area contributed by atoms with Gasteiger partial charge in [-0.3, -0.25) is 4.57 Å². The number of aromatic nitrogens is 2. The fourth-order valence-electron chi connectivity index (χ4n) is 3.94. The molecule has 1 aromatic heterocycles. The molecule has 16 heteroatoms. The van der Waals surface area contributed by atoms with Crippen LogP contribution in [0.25, 0.3) is 0 Å². The molecule has 1 saturated heterocycles. The lowest BCUT2D eigenvalue weighted by atomic mass is 10.2. The fraction of sp³-hybridized carbons (Fsp3) is 0.357. The summed E-state index contributed by atoms with van der Waals surface area (Å²) in [6, 6.07) is 8.65. The van der Waals surface area contributed by atoms with Crippen molar-refractivity contribution in [3.63, 3.8) is 0 Å². The number of aliphatic hydroxyl groups excluding tert-OH is 2. The van der Waals surface area contributed by atoms with Crippen molar-refractivity contribution in [1.82, 2.24) is 14.5 Å². The highest BCUT2D eigenvalue weighted by Crippen LogP contribution is 2.31. The molecule has 2 aromatic carbocycles. The molecule has 0 unspecified atom stereocenters. The molecule has 0 spiro atoms. The van der Waals surface area contributed by atoms with Crippen LogP contribution in [0.4, 0.5) is 14.6 Å². The van der Waals surface area contributed by atoms with Gasteiger partial charge in [-0.05, 0) is 55.4 Å². The molecule has 2 atom stereocenters. The fourth-order valence-corrected chi connectivity index (χ4v) is 4.06. The largest absolute Gasteiger partial charge is 0.479 e. The summed E-state index contributed by atoms with van der Waals surface area (Å²) in [6.07, 6.45) is -4.53. The lowest BCUT2D eigenvalue weighted by Gasteiger charge is -2.34. The number of rotatable bonds is 9. The summed E-state index contributed by atoms with van der Waals surface area (Å²) in [6.45, 7) is 4.86. The smallest absolute Gasteiger partial charge is 0.352 e. The van der Waals surface area contributed by atoms with E-state index in [9.17, 15) is 23.2 Å². The number of aliphatic hydroxyl groups is 2. The minimum Gasteiger partial charge on any atom is -0.479 e. The second-order valence-corrected chi connectivity index (χ2v) is 10.2. The van der Waals surface area contributed by atoms with Crippen LogP contribution in [-0.2, 0) is 23.2 Å². The minimum absolute atomic E-state index is 0.0924. The molecule has 3 aromatic rings. The van der Waals surface area contributed by atoms with Gasteiger partial charge < -0.3 is 39.7 Å². The molecule has 1 aliphatic rings. The number of anilines is 1. The summed E-state index contributed by atoms with van der Waals surface area (Å²) in [5.74, 6) is -4.76. The van der Waals surface area contributed by atoms with Crippen molar-refractivity contribution in [3.8, 4) is 17.4 Å². The predicted octanol–water partition coefficient (Wildman–Crippen LogP) is 2.02. The van der Waals surface area contributed by atoms with Gasteiger partial charge in [0, 0.05) is 44.3 Å². The Morgan fingerprint density at radius 2 is 1.55 bits per heavy atom. The van der Waals surface area contributed by atoms with E-state index >= 15 is 0 Å². The molecule has 0 radical (unpaired) electrons. The average Bonchev–Trinajstić information content (AvgIpc) is 2.97. The molecular weight excluding hydrogens is 610 g/mol. The van der Waals surface area contributed by atoms with E-state index in [0.29, 0.717) is 10.8 Å². The lowest BCUT2D eigenvalue weighted by Crippen LogP contribution is -2.46. The first-order chi connectivity index (χ1) is 20.7. The second kappa shape index (κ2) is 14.9. The molecule has 4 rings (SSSR count). The molecule has 0 aliphatic carbocycles. The standard InChI is InChI=1S/C24H25ClF2N4O3.C4H6O6/c1-15-10-17(4-5-18(15)25)34-23-19(26)11-16(12-20(23)27)14-33-21-13-22(30(3)24(32)28-21)31-8-6-29(2)7-9-31;5-1(3(7)8)2(6)4(9)10/h4-5,10-13H,6-9,14H2,1-3H3;1-2,5-6H,(H,7,8)(H,9,10)/t;1-,2-/m.1/s1. The molecule has 1 aliphatic heterocycles. The first kappa shape index (κ1) is 34.2. The van der Waals surface area contributed by atoms with Gasteiger partial charge >= 0.3 is 17.6 Å². The molecule has 44 heavy (non-hydrogen) atoms. The number of nitrogens with zero attached hydrogens (tertiary/aromatic N) is 4. The van der Waals surface area contributed by atoms with Gasteiger partial charge in [0.2, 0.25) is 5.88 Å². The maximum Gasteiger partial charge on any atom is 0.352 e. The van der Waals surface area contributed by atoms with Crippen LogP contribution in [0.3, 0.4) is 0 Å². The van der Waals surface area contributed by atoms with Crippen LogP contribution in [0.15, 0.2) is 41.2 Å². The molecule has 238 valence electrons. The number of piperazine rings is 1. The van der Waals surface area contributed by atoms with Crippen LogP contribution in [0.5, 0.6) is 17.4 Å². The molecule has 0 amide bonds. The zero-order chi connectivity index (χ0) is 32.7. The maximum absolute atomic E-state index is 14.6. The number of carboxylic acid groups (broad SMARTS) is 2. The first-order valence-electron chi connectivity index (χ1n) is 13.1. The number of aliphatic carboxylic acids is 2. The van der Waals surface area contributed by atoms with Crippen LogP contribution in [0.2, 0.25) is 5.02 Å². The first-order valence-corrected chi connectivity index (χ1v) is 13.4. The number of carbonyl (C=O) groups is 2. The van der Waals surface area contributed by atoms with Gasteiger partial charge in [0.05, 0.1) is 0 Å². The van der Waals surface area contributed by atoms with Crippen LogP contribution < -0.4 is 20.1 Å². The van der Waals surface area contributed by atoms with Crippen molar-refractivity contribution in [2.24, 2.45) is 7.05 Å². The Balaban J connectivity index is 0.000000456. The Morgan fingerprint density at radius 1 is 0.977 bits per heavy atom. The van der Waals surface area contributed by atoms with E-state index in [1.54, 1.807) is 32.2 Å². The summed E-state index contributed by atoms with van der Waals surface area (Å²) in [7, 11) is 3.70. The van der Waals surface area contributed by atoms with Crippen molar-refractivity contribution in [2.75, 3.05) is 38.1 Å². The minimum atomic E-state index is -2.27. The zero-order valence-corrected chi connectivity index (χ0v) is 24.7. The van der Waals surface area contributed by atoms with Gasteiger partial charge in [0.25, 0.3) is 0 Å². The van der Waals surface area contributed by atoms with E-state index in [2.05, 4.69) is 14.8 Å². The normalized spacial score (nSPS) is 14.7. The third kappa shape index (κ3) is 8.86. The number of hydrogen-bond donors (Lipinski definition) is 4. The summed E-state index contributed by atoms with van der Waals surface area (Å²) >= 11 is 5.98. The SMILES string of the molecule is Cc1cc(Oc2c(F)cc(COc3cc(N4CCN(C)CC4)n(C)c(=O)n3)cc2F)ccc1Cl.O=C(O)[C@H](O)[C@@H](O)C(=O)O. The van der Waals surface area contributed by atoms with Crippen LogP contribution in [0.1, 0.15) is 11.1 Å². The average molecular weight is 641 g/mol. The number of ether oxygens (including phenoxy) is 2. The molecule has 0 bridgehead atoms. The van der Waals surface area contributed by atoms with Gasteiger partial charge in [-0.25, -0.2) is 23.2 Å². The third-order valence-electron chi connectivity index (χ3n) is 6.52. The highest BCUT2D eigenvalue weighted by molar-refractivity contribution is 6.31. The van der Waals surface area contributed by atoms with Crippen molar-refractivity contribution in [1.29, 1.82) is 0 Å². The maximum atomic E-state index is 14.6. The van der Waals surface area contributed by atoms with Crippen molar-refractivity contribution < 1.29 is 48.3 Å².